The number of para-hydroxylation sites is 2. The van der Waals surface area contributed by atoms with Crippen LogP contribution in [0.3, 0.4) is 0 Å². The highest BCUT2D eigenvalue weighted by molar-refractivity contribution is 6.22. The first kappa shape index (κ1) is 23.8. The van der Waals surface area contributed by atoms with Gasteiger partial charge in [0.1, 0.15) is 6.04 Å². The summed E-state index contributed by atoms with van der Waals surface area (Å²) in [5, 5.41) is 2.80. The largest absolute Gasteiger partial charge is 0.493 e. The van der Waals surface area contributed by atoms with Crippen LogP contribution in [-0.2, 0) is 16.0 Å². The van der Waals surface area contributed by atoms with E-state index in [0.717, 1.165) is 10.5 Å². The lowest BCUT2D eigenvalue weighted by atomic mass is 10.1. The fraction of sp³-hybridized carbons (Fsp3) is 0.222. The number of benzene rings is 3. The lowest BCUT2D eigenvalue weighted by Crippen LogP contribution is -2.39. The first-order valence-corrected chi connectivity index (χ1v) is 11.3. The summed E-state index contributed by atoms with van der Waals surface area (Å²) in [7, 11) is 3.12. The van der Waals surface area contributed by atoms with Gasteiger partial charge in [-0.2, -0.15) is 0 Å². The maximum absolute atomic E-state index is 13.4. The highest BCUT2D eigenvalue weighted by atomic mass is 16.5. The van der Waals surface area contributed by atoms with Crippen molar-refractivity contribution in [1.82, 2.24) is 4.90 Å². The average Bonchev–Trinajstić information content (AvgIpc) is 3.11. The zero-order valence-electron chi connectivity index (χ0n) is 19.6. The van der Waals surface area contributed by atoms with E-state index >= 15 is 0 Å². The molecule has 0 radical (unpaired) electrons. The van der Waals surface area contributed by atoms with Gasteiger partial charge in [-0.05, 0) is 48.4 Å². The van der Waals surface area contributed by atoms with Crippen LogP contribution in [0.1, 0.15) is 12.0 Å². The highest BCUT2D eigenvalue weighted by Crippen LogP contribution is 2.30. The summed E-state index contributed by atoms with van der Waals surface area (Å²) in [5.41, 5.74) is 2.02. The Bertz CT molecular complexity index is 1200. The Kier molecular flexibility index (Phi) is 7.30. The van der Waals surface area contributed by atoms with Gasteiger partial charge < -0.3 is 19.7 Å². The van der Waals surface area contributed by atoms with Crippen LogP contribution < -0.4 is 19.7 Å². The van der Waals surface area contributed by atoms with E-state index in [2.05, 4.69) is 5.32 Å². The number of carbonyl (C=O) groups excluding carboxylic acids is 3. The Hall–Kier alpha value is -4.33. The van der Waals surface area contributed by atoms with Gasteiger partial charge >= 0.3 is 6.03 Å². The van der Waals surface area contributed by atoms with Gasteiger partial charge in [0.2, 0.25) is 5.91 Å². The second-order valence-electron chi connectivity index (χ2n) is 8.06. The number of rotatable bonds is 9. The van der Waals surface area contributed by atoms with Gasteiger partial charge in [0, 0.05) is 12.2 Å². The van der Waals surface area contributed by atoms with Crippen LogP contribution in [0.4, 0.5) is 16.2 Å². The lowest BCUT2D eigenvalue weighted by Gasteiger charge is -2.22. The number of hydrogen-bond acceptors (Lipinski definition) is 5. The SMILES string of the molecule is COc1ccc(CCN2C(=O)N(c3ccccc3)C(=O)[C@@H]2CC(=O)Nc2ccccc2)cc1OC. The van der Waals surface area contributed by atoms with Crippen molar-refractivity contribution in [3.05, 3.63) is 84.4 Å². The third-order valence-electron chi connectivity index (χ3n) is 5.86. The molecule has 0 spiro atoms. The minimum Gasteiger partial charge on any atom is -0.493 e. The Balaban J connectivity index is 1.55. The number of nitrogens with one attached hydrogen (secondary N) is 1. The molecule has 3 aromatic rings. The number of imide groups is 1. The maximum atomic E-state index is 13.4. The molecule has 35 heavy (non-hydrogen) atoms. The average molecular weight is 474 g/mol. The molecule has 1 saturated heterocycles. The molecule has 8 heteroatoms. The van der Waals surface area contributed by atoms with Gasteiger partial charge in [-0.25, -0.2) is 9.69 Å². The van der Waals surface area contributed by atoms with Crippen molar-refractivity contribution in [3.8, 4) is 11.5 Å². The van der Waals surface area contributed by atoms with Crippen molar-refractivity contribution in [1.29, 1.82) is 0 Å². The van der Waals surface area contributed by atoms with Crippen LogP contribution in [0.5, 0.6) is 11.5 Å². The van der Waals surface area contributed by atoms with Crippen molar-refractivity contribution in [2.45, 2.75) is 18.9 Å². The number of methoxy groups -OCH3 is 2. The fourth-order valence-corrected chi connectivity index (χ4v) is 4.10. The van der Waals surface area contributed by atoms with Crippen molar-refractivity contribution < 1.29 is 23.9 Å². The van der Waals surface area contributed by atoms with Gasteiger partial charge in [-0.3, -0.25) is 9.59 Å². The molecule has 1 atom stereocenters. The summed E-state index contributed by atoms with van der Waals surface area (Å²) in [5.74, 6) is 0.429. The number of hydrogen-bond donors (Lipinski definition) is 1. The Labute approximate surface area is 204 Å². The third kappa shape index (κ3) is 5.27. The Morgan fingerprint density at radius 3 is 2.20 bits per heavy atom. The molecule has 4 rings (SSSR count). The second kappa shape index (κ2) is 10.7. The molecule has 1 heterocycles. The Morgan fingerprint density at radius 2 is 1.54 bits per heavy atom. The van der Waals surface area contributed by atoms with Crippen molar-refractivity contribution >= 4 is 29.2 Å². The smallest absolute Gasteiger partial charge is 0.332 e. The molecule has 0 aromatic heterocycles. The molecule has 1 aliphatic rings. The third-order valence-corrected chi connectivity index (χ3v) is 5.86. The van der Waals surface area contributed by atoms with E-state index in [4.69, 9.17) is 9.47 Å². The summed E-state index contributed by atoms with van der Waals surface area (Å²) in [6.07, 6.45) is 0.327. The number of carbonyl (C=O) groups is 3. The molecule has 0 aliphatic carbocycles. The minimum atomic E-state index is -0.911. The first-order chi connectivity index (χ1) is 17.0. The quantitative estimate of drug-likeness (QED) is 0.473. The summed E-state index contributed by atoms with van der Waals surface area (Å²) in [4.78, 5) is 42.1. The molecule has 0 unspecified atom stereocenters. The fourth-order valence-electron chi connectivity index (χ4n) is 4.10. The van der Waals surface area contributed by atoms with Crippen LogP contribution in [0.25, 0.3) is 0 Å². The lowest BCUT2D eigenvalue weighted by molar-refractivity contribution is -0.124. The van der Waals surface area contributed by atoms with Gasteiger partial charge in [0.15, 0.2) is 11.5 Å². The van der Waals surface area contributed by atoms with Gasteiger partial charge in [0.25, 0.3) is 5.91 Å². The minimum absolute atomic E-state index is 0.144. The van der Waals surface area contributed by atoms with E-state index in [1.165, 1.54) is 4.90 Å². The van der Waals surface area contributed by atoms with E-state index in [1.807, 2.05) is 36.4 Å². The Morgan fingerprint density at radius 1 is 0.886 bits per heavy atom. The molecule has 1 fully saturated rings. The molecule has 3 aromatic carbocycles. The highest BCUT2D eigenvalue weighted by Gasteiger charge is 2.46. The van der Waals surface area contributed by atoms with Gasteiger partial charge in [-0.1, -0.05) is 42.5 Å². The van der Waals surface area contributed by atoms with Gasteiger partial charge in [0.05, 0.1) is 26.3 Å². The molecular weight excluding hydrogens is 446 g/mol. The number of anilines is 2. The topological polar surface area (TPSA) is 88.2 Å². The van der Waals surface area contributed by atoms with Crippen LogP contribution in [0.2, 0.25) is 0 Å². The van der Waals surface area contributed by atoms with Crippen LogP contribution in [-0.4, -0.2) is 49.6 Å². The second-order valence-corrected chi connectivity index (χ2v) is 8.06. The van der Waals surface area contributed by atoms with E-state index in [-0.39, 0.29) is 18.9 Å². The predicted octanol–water partition coefficient (Wildman–Crippen LogP) is 4.11. The number of ether oxygens (including phenoxy) is 2. The summed E-state index contributed by atoms with van der Waals surface area (Å²) in [6, 6.07) is 21.9. The van der Waals surface area contributed by atoms with Crippen LogP contribution in [0.15, 0.2) is 78.9 Å². The molecule has 1 N–H and O–H groups in total. The number of nitrogens with zero attached hydrogens (tertiary/aromatic N) is 2. The molecule has 4 amide bonds. The van der Waals surface area contributed by atoms with Crippen molar-refractivity contribution in [3.63, 3.8) is 0 Å². The van der Waals surface area contributed by atoms with E-state index in [0.29, 0.717) is 29.3 Å². The zero-order chi connectivity index (χ0) is 24.8. The normalized spacial score (nSPS) is 15.3. The maximum Gasteiger partial charge on any atom is 0.332 e. The molecule has 0 saturated carbocycles. The number of amides is 4. The van der Waals surface area contributed by atoms with E-state index < -0.39 is 18.0 Å². The molecule has 0 bridgehead atoms. The summed E-state index contributed by atoms with van der Waals surface area (Å²) in [6.45, 7) is 0.257. The van der Waals surface area contributed by atoms with Crippen LogP contribution >= 0.6 is 0 Å². The van der Waals surface area contributed by atoms with Crippen LogP contribution in [0, 0.1) is 0 Å². The molecule has 1 aliphatic heterocycles. The summed E-state index contributed by atoms with van der Waals surface area (Å²) >= 11 is 0. The summed E-state index contributed by atoms with van der Waals surface area (Å²) < 4.78 is 10.7. The standard InChI is InChI=1S/C27H27N3O5/c1-34-23-14-13-19(17-24(23)35-2)15-16-29-22(18-25(31)28-20-9-5-3-6-10-20)26(32)30(27(29)33)21-11-7-4-8-12-21/h3-14,17,22H,15-16,18H2,1-2H3,(H,28,31)/t22-/m0/s1. The predicted molar refractivity (Wildman–Crippen MR) is 133 cm³/mol. The van der Waals surface area contributed by atoms with E-state index in [9.17, 15) is 14.4 Å². The first-order valence-electron chi connectivity index (χ1n) is 11.3. The molecule has 180 valence electrons. The monoisotopic (exact) mass is 473 g/mol. The van der Waals surface area contributed by atoms with Crippen molar-refractivity contribution in [2.75, 3.05) is 31.0 Å². The molecule has 8 nitrogen and oxygen atoms in total. The zero-order valence-corrected chi connectivity index (χ0v) is 19.6. The van der Waals surface area contributed by atoms with Crippen molar-refractivity contribution in [2.24, 2.45) is 0 Å². The molecular formula is C27H27N3O5. The number of urea groups is 1. The van der Waals surface area contributed by atoms with Gasteiger partial charge in [-0.15, -0.1) is 0 Å². The van der Waals surface area contributed by atoms with E-state index in [1.54, 1.807) is 56.7 Å².